The summed E-state index contributed by atoms with van der Waals surface area (Å²) in [4.78, 5) is 40.2. The molecule has 0 aliphatic carbocycles. The van der Waals surface area contributed by atoms with E-state index in [-0.39, 0.29) is 16.3 Å². The van der Waals surface area contributed by atoms with Crippen molar-refractivity contribution in [1.82, 2.24) is 0 Å². The molecular formula is C21H15Cl2NO7. The van der Waals surface area contributed by atoms with Crippen molar-refractivity contribution in [2.45, 2.75) is 0 Å². The van der Waals surface area contributed by atoms with E-state index in [2.05, 4.69) is 0 Å². The molecule has 0 aliphatic rings. The Morgan fingerprint density at radius 1 is 0.935 bits per heavy atom. The van der Waals surface area contributed by atoms with Gasteiger partial charge in [0.15, 0.2) is 13.2 Å². The van der Waals surface area contributed by atoms with Crippen molar-refractivity contribution in [3.05, 3.63) is 70.2 Å². The lowest BCUT2D eigenvalue weighted by Crippen LogP contribution is -2.36. The maximum Gasteiger partial charge on any atom is 0.335 e. The minimum atomic E-state index is -1.27. The van der Waals surface area contributed by atoms with Gasteiger partial charge < -0.3 is 14.9 Å². The Kier molecular flexibility index (Phi) is 6.96. The summed E-state index contributed by atoms with van der Waals surface area (Å²) in [5.41, 5.74) is 0.210. The fourth-order valence-corrected chi connectivity index (χ4v) is 3.40. The number of carboxylic acid groups (broad SMARTS) is 2. The molecule has 3 aromatic rings. The number of aliphatic carboxylic acids is 1. The number of ether oxygens (including phenoxy) is 1. The summed E-state index contributed by atoms with van der Waals surface area (Å²) in [5.74, 6) is -3.13. The molecule has 0 aliphatic heterocycles. The van der Waals surface area contributed by atoms with Crippen molar-refractivity contribution >= 4 is 57.5 Å². The summed E-state index contributed by atoms with van der Waals surface area (Å²) in [7, 11) is 0. The maximum atomic E-state index is 12.7. The summed E-state index contributed by atoms with van der Waals surface area (Å²) < 4.78 is 5.59. The number of fused-ring (bicyclic) bond motifs is 1. The molecule has 0 atom stereocenters. The van der Waals surface area contributed by atoms with Crippen LogP contribution in [-0.2, 0) is 14.4 Å². The smallest absolute Gasteiger partial charge is 0.335 e. The summed E-state index contributed by atoms with van der Waals surface area (Å²) >= 11 is 12.3. The lowest BCUT2D eigenvalue weighted by molar-refractivity contribution is -0.145. The van der Waals surface area contributed by atoms with Gasteiger partial charge in [0.25, 0.3) is 5.91 Å². The van der Waals surface area contributed by atoms with Crippen molar-refractivity contribution in [1.29, 1.82) is 0 Å². The summed E-state index contributed by atoms with van der Waals surface area (Å²) in [6.07, 6.45) is 0. The van der Waals surface area contributed by atoms with E-state index in [0.717, 1.165) is 5.06 Å². The molecule has 160 valence electrons. The third-order valence-electron chi connectivity index (χ3n) is 4.06. The number of rotatable bonds is 8. The van der Waals surface area contributed by atoms with Gasteiger partial charge in [0, 0.05) is 10.4 Å². The largest absolute Gasteiger partial charge is 0.483 e. The fourth-order valence-electron chi connectivity index (χ4n) is 2.80. The van der Waals surface area contributed by atoms with Crippen LogP contribution in [-0.4, -0.2) is 41.3 Å². The van der Waals surface area contributed by atoms with Crippen molar-refractivity contribution in [3.8, 4) is 5.75 Å². The number of halogens is 2. The molecule has 2 N–H and O–H groups in total. The van der Waals surface area contributed by atoms with Gasteiger partial charge in [0.2, 0.25) is 0 Å². The van der Waals surface area contributed by atoms with Crippen LogP contribution >= 0.6 is 23.2 Å². The van der Waals surface area contributed by atoms with Crippen molar-refractivity contribution in [2.24, 2.45) is 0 Å². The standard InChI is InChI=1S/C21H15Cl2NO7/c22-14-7-12-6-13(21(28)29)8-17(20(12)16(23)9-14)30-10-18(25)24(31-11-19(26)27)15-4-2-1-3-5-15/h1-9H,10-11H2,(H,26,27)(H,28,29). The van der Waals surface area contributed by atoms with E-state index in [1.54, 1.807) is 30.3 Å². The molecule has 0 bridgehead atoms. The number of hydroxylamine groups is 1. The van der Waals surface area contributed by atoms with E-state index >= 15 is 0 Å². The average Bonchev–Trinajstić information content (AvgIpc) is 2.72. The number of carbonyl (C=O) groups is 3. The van der Waals surface area contributed by atoms with Gasteiger partial charge >= 0.3 is 11.9 Å². The molecule has 0 aromatic heterocycles. The van der Waals surface area contributed by atoms with Crippen LogP contribution < -0.4 is 9.80 Å². The predicted molar refractivity (Wildman–Crippen MR) is 114 cm³/mol. The number of hydrogen-bond donors (Lipinski definition) is 2. The number of anilines is 1. The average molecular weight is 464 g/mol. The van der Waals surface area contributed by atoms with Crippen LogP contribution in [0.1, 0.15) is 10.4 Å². The Balaban J connectivity index is 1.91. The first-order valence-corrected chi connectivity index (χ1v) is 9.53. The van der Waals surface area contributed by atoms with E-state index in [1.807, 2.05) is 0 Å². The number of para-hydroxylation sites is 1. The Hall–Kier alpha value is -3.33. The Bertz CT molecular complexity index is 1150. The monoisotopic (exact) mass is 463 g/mol. The molecule has 0 saturated carbocycles. The van der Waals surface area contributed by atoms with Gasteiger partial charge in [-0.1, -0.05) is 41.4 Å². The first-order valence-electron chi connectivity index (χ1n) is 8.78. The number of aromatic carboxylic acids is 1. The minimum absolute atomic E-state index is 0.0520. The molecule has 0 heterocycles. The van der Waals surface area contributed by atoms with Gasteiger partial charge in [-0.2, -0.15) is 5.06 Å². The molecule has 0 unspecified atom stereocenters. The number of carbonyl (C=O) groups excluding carboxylic acids is 1. The van der Waals surface area contributed by atoms with Gasteiger partial charge in [-0.05, 0) is 41.8 Å². The molecule has 10 heteroatoms. The highest BCUT2D eigenvalue weighted by molar-refractivity contribution is 6.39. The van der Waals surface area contributed by atoms with Crippen LogP contribution in [0.5, 0.6) is 5.75 Å². The zero-order valence-corrected chi connectivity index (χ0v) is 17.3. The normalized spacial score (nSPS) is 10.6. The van der Waals surface area contributed by atoms with E-state index in [9.17, 15) is 19.5 Å². The molecule has 0 saturated heterocycles. The number of hydrogen-bond acceptors (Lipinski definition) is 5. The third-order valence-corrected chi connectivity index (χ3v) is 4.58. The third kappa shape index (κ3) is 5.43. The summed E-state index contributed by atoms with van der Waals surface area (Å²) in [6.45, 7) is -1.33. The van der Waals surface area contributed by atoms with Crippen molar-refractivity contribution in [2.75, 3.05) is 18.3 Å². The van der Waals surface area contributed by atoms with Gasteiger partial charge in [0.05, 0.1) is 16.3 Å². The zero-order valence-electron chi connectivity index (χ0n) is 15.7. The van der Waals surface area contributed by atoms with Crippen LogP contribution in [0, 0.1) is 0 Å². The van der Waals surface area contributed by atoms with E-state index in [1.165, 1.54) is 24.3 Å². The van der Waals surface area contributed by atoms with Gasteiger partial charge in [-0.3, -0.25) is 9.63 Å². The molecule has 8 nitrogen and oxygen atoms in total. The fraction of sp³-hybridized carbons (Fsp3) is 0.0952. The lowest BCUT2D eigenvalue weighted by Gasteiger charge is -2.21. The first-order chi connectivity index (χ1) is 14.8. The Morgan fingerprint density at radius 2 is 1.65 bits per heavy atom. The van der Waals surface area contributed by atoms with Crippen LogP contribution in [0.15, 0.2) is 54.6 Å². The second kappa shape index (κ2) is 9.65. The van der Waals surface area contributed by atoms with E-state index < -0.39 is 31.1 Å². The highest BCUT2D eigenvalue weighted by Gasteiger charge is 2.21. The topological polar surface area (TPSA) is 113 Å². The van der Waals surface area contributed by atoms with Crippen LogP contribution in [0.25, 0.3) is 10.8 Å². The van der Waals surface area contributed by atoms with E-state index in [0.29, 0.717) is 21.5 Å². The number of amides is 1. The lowest BCUT2D eigenvalue weighted by atomic mass is 10.1. The molecule has 0 radical (unpaired) electrons. The quantitative estimate of drug-likeness (QED) is 0.479. The molecule has 0 spiro atoms. The molecule has 0 fully saturated rings. The second-order valence-corrected chi connectivity index (χ2v) is 7.09. The zero-order chi connectivity index (χ0) is 22.5. The number of benzene rings is 3. The SMILES string of the molecule is O=C(O)CON(C(=O)COc1cc(C(=O)O)cc2cc(Cl)cc(Cl)c12)c1ccccc1. The van der Waals surface area contributed by atoms with Crippen LogP contribution in [0.3, 0.4) is 0 Å². The Morgan fingerprint density at radius 3 is 2.29 bits per heavy atom. The molecular weight excluding hydrogens is 449 g/mol. The highest BCUT2D eigenvalue weighted by Crippen LogP contribution is 2.36. The van der Waals surface area contributed by atoms with Gasteiger partial charge in [-0.15, -0.1) is 0 Å². The number of nitrogens with zero attached hydrogens (tertiary/aromatic N) is 1. The van der Waals surface area contributed by atoms with Crippen LogP contribution in [0.4, 0.5) is 5.69 Å². The highest BCUT2D eigenvalue weighted by atomic mass is 35.5. The minimum Gasteiger partial charge on any atom is -0.483 e. The summed E-state index contributed by atoms with van der Waals surface area (Å²) in [5, 5.41) is 20.4. The van der Waals surface area contributed by atoms with E-state index in [4.69, 9.17) is 37.9 Å². The molecule has 31 heavy (non-hydrogen) atoms. The summed E-state index contributed by atoms with van der Waals surface area (Å²) in [6, 6.07) is 13.7. The van der Waals surface area contributed by atoms with Crippen molar-refractivity contribution < 1.29 is 34.2 Å². The second-order valence-electron chi connectivity index (χ2n) is 6.24. The molecule has 3 rings (SSSR count). The molecule has 1 amide bonds. The van der Waals surface area contributed by atoms with Crippen LogP contribution in [0.2, 0.25) is 10.0 Å². The van der Waals surface area contributed by atoms with Gasteiger partial charge in [-0.25, -0.2) is 9.59 Å². The Labute approximate surface area is 186 Å². The van der Waals surface area contributed by atoms with Crippen molar-refractivity contribution in [3.63, 3.8) is 0 Å². The molecule has 3 aromatic carbocycles. The van der Waals surface area contributed by atoms with Gasteiger partial charge in [0.1, 0.15) is 5.75 Å². The number of carboxylic acids is 2. The predicted octanol–water partition coefficient (Wildman–Crippen LogP) is 4.27. The first kappa shape index (κ1) is 22.4. The maximum absolute atomic E-state index is 12.7.